The van der Waals surface area contributed by atoms with E-state index in [1.54, 1.807) is 0 Å². The Morgan fingerprint density at radius 2 is 1.35 bits per heavy atom. The number of anilines is 1. The molecule has 2 rings (SSSR count). The molecule has 0 heterocycles. The van der Waals surface area contributed by atoms with Gasteiger partial charge in [0.1, 0.15) is 5.69 Å². The summed E-state index contributed by atoms with van der Waals surface area (Å²) in [4.78, 5) is 0. The van der Waals surface area contributed by atoms with Gasteiger partial charge in [-0.3, -0.25) is 0 Å². The summed E-state index contributed by atoms with van der Waals surface area (Å²) in [6.07, 6.45) is 0. The van der Waals surface area contributed by atoms with E-state index in [0.717, 1.165) is 12.1 Å². The smallest absolute Gasteiger partial charge is 0.185 e. The van der Waals surface area contributed by atoms with E-state index in [9.17, 15) is 26.3 Å². The van der Waals surface area contributed by atoms with Crippen LogP contribution in [0.25, 0.3) is 0 Å². The van der Waals surface area contributed by atoms with Gasteiger partial charge in [0.2, 0.25) is 0 Å². The summed E-state index contributed by atoms with van der Waals surface area (Å²) in [5.41, 5.74) is -1.32. The van der Waals surface area contributed by atoms with E-state index in [-0.39, 0.29) is 11.6 Å². The predicted octanol–water partition coefficient (Wildman–Crippen LogP) is 4.13. The predicted molar refractivity (Wildman–Crippen MR) is 60.0 cm³/mol. The first-order valence-electron chi connectivity index (χ1n) is 5.41. The second-order valence-corrected chi connectivity index (χ2v) is 3.91. The maximum atomic E-state index is 13.3. The van der Waals surface area contributed by atoms with Crippen LogP contribution in [0.15, 0.2) is 24.3 Å². The normalized spacial score (nSPS) is 10.7. The Labute approximate surface area is 109 Å². The molecule has 0 aliphatic carbocycles. The van der Waals surface area contributed by atoms with Crippen molar-refractivity contribution < 1.29 is 26.3 Å². The Morgan fingerprint density at radius 3 is 1.95 bits per heavy atom. The summed E-state index contributed by atoms with van der Waals surface area (Å²) >= 11 is 0. The first-order chi connectivity index (χ1) is 9.41. The van der Waals surface area contributed by atoms with Gasteiger partial charge in [-0.1, -0.05) is 12.1 Å². The van der Waals surface area contributed by atoms with Gasteiger partial charge < -0.3 is 5.32 Å². The highest BCUT2D eigenvalue weighted by Gasteiger charge is 2.19. The maximum Gasteiger partial charge on any atom is 0.185 e. The largest absolute Gasteiger partial charge is 0.376 e. The minimum absolute atomic E-state index is 0.0542. The lowest BCUT2D eigenvalue weighted by Gasteiger charge is -2.10. The summed E-state index contributed by atoms with van der Waals surface area (Å²) in [6.45, 7) is -0.541. The number of nitrogens with one attached hydrogen (secondary N) is 1. The Kier molecular flexibility index (Phi) is 3.87. The van der Waals surface area contributed by atoms with Gasteiger partial charge in [0.25, 0.3) is 0 Å². The fourth-order valence-electron chi connectivity index (χ4n) is 1.60. The van der Waals surface area contributed by atoms with Crippen molar-refractivity contribution in [3.63, 3.8) is 0 Å². The zero-order valence-corrected chi connectivity index (χ0v) is 9.78. The van der Waals surface area contributed by atoms with E-state index in [2.05, 4.69) is 0 Å². The van der Waals surface area contributed by atoms with Crippen molar-refractivity contribution in [2.45, 2.75) is 6.54 Å². The summed E-state index contributed by atoms with van der Waals surface area (Å²) in [7, 11) is 0. The van der Waals surface area contributed by atoms with Crippen LogP contribution in [-0.2, 0) is 6.54 Å². The molecule has 106 valence electrons. The van der Waals surface area contributed by atoms with Crippen LogP contribution in [0.5, 0.6) is 0 Å². The zero-order chi connectivity index (χ0) is 14.9. The highest BCUT2D eigenvalue weighted by atomic mass is 19.2. The van der Waals surface area contributed by atoms with Gasteiger partial charge in [-0.25, -0.2) is 26.3 Å². The van der Waals surface area contributed by atoms with Crippen molar-refractivity contribution in [2.24, 2.45) is 0 Å². The Balaban J connectivity index is 2.30. The molecule has 0 aliphatic rings. The van der Waals surface area contributed by atoms with E-state index in [1.165, 1.54) is 6.07 Å². The molecule has 0 fully saturated rings. The van der Waals surface area contributed by atoms with Crippen molar-refractivity contribution in [3.05, 3.63) is 64.7 Å². The molecule has 2 aromatic carbocycles. The summed E-state index contributed by atoms with van der Waals surface area (Å²) in [5, 5.41) is 2.01. The SMILES string of the molecule is Fc1cccc(CNc2c(F)c(F)cc(F)c2F)c1F. The molecule has 7 heteroatoms. The minimum Gasteiger partial charge on any atom is -0.376 e. The molecule has 0 saturated heterocycles. The van der Waals surface area contributed by atoms with Gasteiger partial charge >= 0.3 is 0 Å². The van der Waals surface area contributed by atoms with Crippen molar-refractivity contribution in [3.8, 4) is 0 Å². The number of halogens is 6. The molecular weight excluding hydrogens is 284 g/mol. The van der Waals surface area contributed by atoms with E-state index >= 15 is 0 Å². The molecule has 1 nitrogen and oxygen atoms in total. The molecule has 0 amide bonds. The minimum atomic E-state index is -1.64. The van der Waals surface area contributed by atoms with Crippen LogP contribution in [-0.4, -0.2) is 0 Å². The van der Waals surface area contributed by atoms with Crippen LogP contribution in [0.1, 0.15) is 5.56 Å². The molecule has 0 aromatic heterocycles. The number of benzene rings is 2. The first-order valence-corrected chi connectivity index (χ1v) is 5.41. The van der Waals surface area contributed by atoms with E-state index in [1.807, 2.05) is 5.32 Å². The maximum absolute atomic E-state index is 13.3. The topological polar surface area (TPSA) is 12.0 Å². The van der Waals surface area contributed by atoms with Crippen molar-refractivity contribution in [1.82, 2.24) is 0 Å². The number of rotatable bonds is 3. The summed E-state index contributed by atoms with van der Waals surface area (Å²) < 4.78 is 78.7. The van der Waals surface area contributed by atoms with Crippen molar-refractivity contribution in [2.75, 3.05) is 5.32 Å². The molecule has 0 unspecified atom stereocenters. The quantitative estimate of drug-likeness (QED) is 0.662. The fraction of sp³-hybridized carbons (Fsp3) is 0.0769. The molecule has 0 saturated carbocycles. The molecule has 0 atom stereocenters. The third-order valence-corrected chi connectivity index (χ3v) is 2.60. The lowest BCUT2D eigenvalue weighted by molar-refractivity contribution is 0.457. The molecule has 0 aliphatic heterocycles. The van der Waals surface area contributed by atoms with Crippen molar-refractivity contribution >= 4 is 5.69 Å². The van der Waals surface area contributed by atoms with Gasteiger partial charge in [0, 0.05) is 18.2 Å². The Hall–Kier alpha value is -2.18. The van der Waals surface area contributed by atoms with Gasteiger partial charge in [-0.15, -0.1) is 0 Å². The van der Waals surface area contributed by atoms with Crippen LogP contribution in [0, 0.1) is 34.9 Å². The zero-order valence-electron chi connectivity index (χ0n) is 9.78. The van der Waals surface area contributed by atoms with Gasteiger partial charge in [-0.2, -0.15) is 0 Å². The number of hydrogen-bond donors (Lipinski definition) is 1. The molecule has 0 bridgehead atoms. The number of hydrogen-bond acceptors (Lipinski definition) is 1. The summed E-state index contributed by atoms with van der Waals surface area (Å²) in [5.74, 6) is -8.81. The molecule has 2 aromatic rings. The third kappa shape index (κ3) is 2.56. The molecule has 1 N–H and O–H groups in total. The molecule has 0 spiro atoms. The summed E-state index contributed by atoms with van der Waals surface area (Å²) in [6, 6.07) is 3.27. The van der Waals surface area contributed by atoms with Gasteiger partial charge in [-0.05, 0) is 6.07 Å². The van der Waals surface area contributed by atoms with Crippen LogP contribution in [0.4, 0.5) is 32.0 Å². The molecule has 0 radical (unpaired) electrons. The van der Waals surface area contributed by atoms with Crippen LogP contribution >= 0.6 is 0 Å². The first kappa shape index (κ1) is 14.2. The van der Waals surface area contributed by atoms with E-state index < -0.39 is 47.1 Å². The lowest BCUT2D eigenvalue weighted by Crippen LogP contribution is -2.09. The Morgan fingerprint density at radius 1 is 0.750 bits per heavy atom. The van der Waals surface area contributed by atoms with E-state index in [0.29, 0.717) is 0 Å². The average Bonchev–Trinajstić information content (AvgIpc) is 2.41. The van der Waals surface area contributed by atoms with Crippen LogP contribution < -0.4 is 5.32 Å². The molecule has 20 heavy (non-hydrogen) atoms. The van der Waals surface area contributed by atoms with Crippen LogP contribution in [0.3, 0.4) is 0 Å². The van der Waals surface area contributed by atoms with E-state index in [4.69, 9.17) is 0 Å². The second kappa shape index (κ2) is 5.44. The Bertz CT molecular complexity index is 630. The highest BCUT2D eigenvalue weighted by Crippen LogP contribution is 2.25. The highest BCUT2D eigenvalue weighted by molar-refractivity contribution is 5.47. The fourth-order valence-corrected chi connectivity index (χ4v) is 1.60. The third-order valence-electron chi connectivity index (χ3n) is 2.60. The second-order valence-electron chi connectivity index (χ2n) is 3.91. The van der Waals surface area contributed by atoms with Crippen molar-refractivity contribution in [1.29, 1.82) is 0 Å². The molecular formula is C13H7F6N. The van der Waals surface area contributed by atoms with Gasteiger partial charge in [0.05, 0.1) is 0 Å². The van der Waals surface area contributed by atoms with Crippen LogP contribution in [0.2, 0.25) is 0 Å². The average molecular weight is 291 g/mol. The standard InChI is InChI=1S/C13H7F6N/c14-7-3-1-2-6(10(7)17)5-20-13-11(18)8(15)4-9(16)12(13)19/h1-4,20H,5H2. The lowest BCUT2D eigenvalue weighted by atomic mass is 10.2. The monoisotopic (exact) mass is 291 g/mol. The van der Waals surface area contributed by atoms with Gasteiger partial charge in [0.15, 0.2) is 34.9 Å².